The maximum Gasteiger partial charge on any atom is 0.323 e. The van der Waals surface area contributed by atoms with Crippen LogP contribution in [-0.4, -0.2) is 63.5 Å². The van der Waals surface area contributed by atoms with Gasteiger partial charge in [0.25, 0.3) is 0 Å². The molecule has 3 aromatic rings. The monoisotopic (exact) mass is 574 g/mol. The number of ether oxygens (including phenoxy) is 3. The van der Waals surface area contributed by atoms with Gasteiger partial charge in [0.05, 0.1) is 12.8 Å². The van der Waals surface area contributed by atoms with Crippen LogP contribution < -0.4 is 29.7 Å². The van der Waals surface area contributed by atoms with Crippen LogP contribution in [0, 0.1) is 13.8 Å². The Labute approximate surface area is 242 Å². The Morgan fingerprint density at radius 1 is 0.897 bits per heavy atom. The Kier molecular flexibility index (Phi) is 10.6. The normalized spacial score (nSPS) is 16.4. The van der Waals surface area contributed by atoms with Crippen LogP contribution >= 0.6 is 24.8 Å². The zero-order chi connectivity index (χ0) is 25.8. The number of hydrogen-bond acceptors (Lipinski definition) is 6. The lowest BCUT2D eigenvalue weighted by Crippen LogP contribution is -2.50. The highest BCUT2D eigenvalue weighted by Gasteiger charge is 2.26. The lowest BCUT2D eigenvalue weighted by Gasteiger charge is -2.38. The molecule has 2 aliphatic rings. The Hall–Kier alpha value is -3.33. The number of rotatable bonds is 6. The summed E-state index contributed by atoms with van der Waals surface area (Å²) in [7, 11) is 1.67. The van der Waals surface area contributed by atoms with E-state index in [1.807, 2.05) is 67.6 Å². The van der Waals surface area contributed by atoms with Gasteiger partial charge >= 0.3 is 6.03 Å². The number of halogens is 2. The summed E-state index contributed by atoms with van der Waals surface area (Å²) < 4.78 is 17.7. The molecule has 10 heteroatoms. The van der Waals surface area contributed by atoms with E-state index in [2.05, 4.69) is 27.4 Å². The molecular formula is C29H36Cl2N4O4. The van der Waals surface area contributed by atoms with Crippen molar-refractivity contribution in [1.29, 1.82) is 0 Å². The van der Waals surface area contributed by atoms with E-state index in [0.29, 0.717) is 12.3 Å². The summed E-state index contributed by atoms with van der Waals surface area (Å²) in [5, 5.41) is 5.87. The average Bonchev–Trinajstić information content (AvgIpc) is 2.91. The summed E-state index contributed by atoms with van der Waals surface area (Å²) in [6.07, 6.45) is 0.0133. The molecule has 2 amide bonds. The quantitative estimate of drug-likeness (QED) is 0.389. The Morgan fingerprint density at radius 3 is 2.26 bits per heavy atom. The smallest absolute Gasteiger partial charge is 0.323 e. The van der Waals surface area contributed by atoms with Gasteiger partial charge in [-0.05, 0) is 67.4 Å². The minimum Gasteiger partial charge on any atom is -0.495 e. The van der Waals surface area contributed by atoms with Crippen molar-refractivity contribution in [3.63, 3.8) is 0 Å². The number of piperazine rings is 1. The van der Waals surface area contributed by atoms with Crippen LogP contribution in [-0.2, 0) is 0 Å². The number of nitrogens with one attached hydrogen (secondary N) is 2. The molecule has 2 aliphatic heterocycles. The molecule has 0 aromatic heterocycles. The Bertz CT molecular complexity index is 1270. The molecular weight excluding hydrogens is 539 g/mol. The molecule has 0 saturated carbocycles. The van der Waals surface area contributed by atoms with Gasteiger partial charge < -0.3 is 29.7 Å². The molecule has 1 fully saturated rings. The maximum atomic E-state index is 12.6. The first-order valence-corrected chi connectivity index (χ1v) is 12.7. The van der Waals surface area contributed by atoms with E-state index in [4.69, 9.17) is 14.2 Å². The molecule has 1 saturated heterocycles. The van der Waals surface area contributed by atoms with Crippen LogP contribution in [0.1, 0.15) is 11.1 Å². The summed E-state index contributed by atoms with van der Waals surface area (Å²) in [5.41, 5.74) is 4.77. The van der Waals surface area contributed by atoms with E-state index in [-0.39, 0.29) is 36.9 Å². The number of hydrogen-bond donors (Lipinski definition) is 2. The zero-order valence-electron chi connectivity index (χ0n) is 22.4. The van der Waals surface area contributed by atoms with Crippen LogP contribution in [0.25, 0.3) is 0 Å². The van der Waals surface area contributed by atoms with Gasteiger partial charge in [0.2, 0.25) is 0 Å². The second kappa shape index (κ2) is 13.6. The summed E-state index contributed by atoms with van der Waals surface area (Å²) in [4.78, 5) is 17.3. The zero-order valence-corrected chi connectivity index (χ0v) is 24.1. The van der Waals surface area contributed by atoms with Crippen LogP contribution in [0.4, 0.5) is 21.9 Å². The molecule has 210 valence electrons. The van der Waals surface area contributed by atoms with Gasteiger partial charge in [-0.2, -0.15) is 0 Å². The number of urea groups is 1. The third-order valence-electron chi connectivity index (χ3n) is 6.94. The SMILES string of the molecule is COc1ccc(NC(=O)Nc2ccc(C)c(C)c2)cc1N1CCN(CC2COc3ccccc3O2)CC1.Cl.Cl. The van der Waals surface area contributed by atoms with Gasteiger partial charge in [-0.25, -0.2) is 4.79 Å². The first-order valence-electron chi connectivity index (χ1n) is 12.7. The molecule has 8 nitrogen and oxygen atoms in total. The number of benzene rings is 3. The standard InChI is InChI=1S/C29H34N4O4.2ClH/c1-20-8-9-22(16-21(20)2)30-29(34)31-23-10-11-26(35-3)25(17-23)33-14-12-32(13-15-33)18-24-19-36-27-6-4-5-7-28(27)37-24;;/h4-11,16-17,24H,12-15,18-19H2,1-3H3,(H2,30,31,34);2*1H. The topological polar surface area (TPSA) is 75.3 Å². The Balaban J connectivity index is 0.00000210. The number of aryl methyl sites for hydroxylation is 2. The number of amides is 2. The largest absolute Gasteiger partial charge is 0.495 e. The molecule has 0 aliphatic carbocycles. The second-order valence-electron chi connectivity index (χ2n) is 9.55. The fraction of sp³-hybridized carbons (Fsp3) is 0.345. The van der Waals surface area contributed by atoms with E-state index in [9.17, 15) is 4.79 Å². The van der Waals surface area contributed by atoms with E-state index in [1.54, 1.807) is 7.11 Å². The minimum atomic E-state index is -0.277. The highest BCUT2D eigenvalue weighted by atomic mass is 35.5. The highest BCUT2D eigenvalue weighted by Crippen LogP contribution is 2.33. The predicted molar refractivity (Wildman–Crippen MR) is 161 cm³/mol. The van der Waals surface area contributed by atoms with Crippen molar-refractivity contribution in [2.45, 2.75) is 20.0 Å². The van der Waals surface area contributed by atoms with E-state index < -0.39 is 0 Å². The first-order chi connectivity index (χ1) is 18.0. The highest BCUT2D eigenvalue weighted by molar-refractivity contribution is 6.00. The van der Waals surface area contributed by atoms with E-state index in [0.717, 1.165) is 66.9 Å². The number of anilines is 3. The molecule has 39 heavy (non-hydrogen) atoms. The molecule has 3 aromatic carbocycles. The van der Waals surface area contributed by atoms with E-state index in [1.165, 1.54) is 5.56 Å². The van der Waals surface area contributed by atoms with Gasteiger partial charge in [-0.1, -0.05) is 18.2 Å². The van der Waals surface area contributed by atoms with Crippen LogP contribution in [0.3, 0.4) is 0 Å². The van der Waals surface area contributed by atoms with Crippen molar-refractivity contribution >= 4 is 47.9 Å². The van der Waals surface area contributed by atoms with Crippen molar-refractivity contribution in [3.8, 4) is 17.2 Å². The fourth-order valence-electron chi connectivity index (χ4n) is 4.74. The van der Waals surface area contributed by atoms with Gasteiger partial charge in [0.15, 0.2) is 11.5 Å². The molecule has 2 N–H and O–H groups in total. The number of methoxy groups -OCH3 is 1. The van der Waals surface area contributed by atoms with Gasteiger partial charge in [0, 0.05) is 44.1 Å². The predicted octanol–water partition coefficient (Wildman–Crippen LogP) is 5.76. The van der Waals surface area contributed by atoms with Crippen molar-refractivity contribution < 1.29 is 19.0 Å². The number of para-hydroxylation sites is 2. The summed E-state index contributed by atoms with van der Waals surface area (Å²) in [6, 6.07) is 19.1. The first kappa shape index (κ1) is 30.2. The van der Waals surface area contributed by atoms with Crippen molar-refractivity contribution in [2.75, 3.05) is 62.0 Å². The van der Waals surface area contributed by atoms with Crippen molar-refractivity contribution in [1.82, 2.24) is 4.90 Å². The van der Waals surface area contributed by atoms with E-state index >= 15 is 0 Å². The molecule has 5 rings (SSSR count). The third kappa shape index (κ3) is 7.41. The van der Waals surface area contributed by atoms with Crippen LogP contribution in [0.15, 0.2) is 60.7 Å². The molecule has 0 radical (unpaired) electrons. The fourth-order valence-corrected chi connectivity index (χ4v) is 4.74. The molecule has 1 atom stereocenters. The number of carbonyl (C=O) groups excluding carboxylic acids is 1. The summed E-state index contributed by atoms with van der Waals surface area (Å²) in [5.74, 6) is 2.41. The summed E-state index contributed by atoms with van der Waals surface area (Å²) in [6.45, 7) is 8.95. The second-order valence-corrected chi connectivity index (χ2v) is 9.55. The molecule has 1 unspecified atom stereocenters. The number of nitrogens with zero attached hydrogens (tertiary/aromatic N) is 2. The number of carbonyl (C=O) groups is 1. The maximum absolute atomic E-state index is 12.6. The minimum absolute atomic E-state index is 0. The van der Waals surface area contributed by atoms with Crippen molar-refractivity contribution in [2.24, 2.45) is 0 Å². The van der Waals surface area contributed by atoms with Gasteiger partial charge in [-0.3, -0.25) is 4.90 Å². The number of fused-ring (bicyclic) bond motifs is 1. The summed E-state index contributed by atoms with van der Waals surface area (Å²) >= 11 is 0. The van der Waals surface area contributed by atoms with Crippen LogP contribution in [0.5, 0.6) is 17.2 Å². The molecule has 0 bridgehead atoms. The lowest BCUT2D eigenvalue weighted by atomic mass is 10.1. The molecule has 0 spiro atoms. The van der Waals surface area contributed by atoms with Gasteiger partial charge in [0.1, 0.15) is 18.5 Å². The third-order valence-corrected chi connectivity index (χ3v) is 6.94. The van der Waals surface area contributed by atoms with Gasteiger partial charge in [-0.15, -0.1) is 24.8 Å². The van der Waals surface area contributed by atoms with Crippen molar-refractivity contribution in [3.05, 3.63) is 71.8 Å². The Morgan fingerprint density at radius 2 is 1.56 bits per heavy atom. The average molecular weight is 576 g/mol. The lowest BCUT2D eigenvalue weighted by molar-refractivity contribution is 0.0571. The molecule has 2 heterocycles. The van der Waals surface area contributed by atoms with Crippen LogP contribution in [0.2, 0.25) is 0 Å².